The minimum atomic E-state index is -0.404. The van der Waals surface area contributed by atoms with Gasteiger partial charge in [0.25, 0.3) is 0 Å². The van der Waals surface area contributed by atoms with Gasteiger partial charge in [-0.1, -0.05) is 11.3 Å². The number of hydrogen-bond donors (Lipinski definition) is 0. The fourth-order valence-corrected chi connectivity index (χ4v) is 2.55. The molecule has 0 bridgehead atoms. The van der Waals surface area contributed by atoms with E-state index >= 15 is 0 Å². The van der Waals surface area contributed by atoms with Crippen LogP contribution in [0.2, 0.25) is 0 Å². The van der Waals surface area contributed by atoms with Gasteiger partial charge >= 0.3 is 5.97 Å². The molecule has 0 saturated carbocycles. The van der Waals surface area contributed by atoms with Crippen molar-refractivity contribution < 1.29 is 13.9 Å². The number of nitrogens with zero attached hydrogens (tertiary/aromatic N) is 2. The summed E-state index contributed by atoms with van der Waals surface area (Å²) in [4.78, 5) is 17.9. The van der Waals surface area contributed by atoms with Gasteiger partial charge in [0.1, 0.15) is 10.7 Å². The van der Waals surface area contributed by atoms with Crippen molar-refractivity contribution in [3.8, 4) is 0 Å². The van der Waals surface area contributed by atoms with E-state index in [0.29, 0.717) is 16.6 Å². The van der Waals surface area contributed by atoms with Gasteiger partial charge in [-0.05, 0) is 31.2 Å². The monoisotopic (exact) mass is 280 g/mol. The van der Waals surface area contributed by atoms with E-state index in [1.165, 1.54) is 36.8 Å². The van der Waals surface area contributed by atoms with Gasteiger partial charge in [-0.25, -0.2) is 14.2 Å². The molecule has 6 heteroatoms. The molecular formula is C13H13FN2O2S. The van der Waals surface area contributed by atoms with E-state index in [1.807, 2.05) is 11.8 Å². The van der Waals surface area contributed by atoms with Crippen LogP contribution in [0.5, 0.6) is 0 Å². The number of esters is 1. The van der Waals surface area contributed by atoms with Gasteiger partial charge < -0.3 is 9.64 Å². The fraction of sp³-hybridized carbons (Fsp3) is 0.231. The predicted octanol–water partition coefficient (Wildman–Crippen LogP) is 3.23. The second kappa shape index (κ2) is 5.79. The van der Waals surface area contributed by atoms with Crippen LogP contribution < -0.4 is 4.90 Å². The van der Waals surface area contributed by atoms with Crippen molar-refractivity contribution in [2.24, 2.45) is 0 Å². The maximum atomic E-state index is 12.9. The minimum Gasteiger partial charge on any atom is -0.465 e. The molecule has 0 spiro atoms. The third kappa shape index (κ3) is 2.90. The summed E-state index contributed by atoms with van der Waals surface area (Å²) in [7, 11) is 1.33. The lowest BCUT2D eigenvalue weighted by Crippen LogP contribution is -2.15. The van der Waals surface area contributed by atoms with Gasteiger partial charge in [0, 0.05) is 12.2 Å². The summed E-state index contributed by atoms with van der Waals surface area (Å²) >= 11 is 1.24. The molecule has 0 aliphatic heterocycles. The Balaban J connectivity index is 2.29. The number of thiazole rings is 1. The largest absolute Gasteiger partial charge is 0.465 e. The van der Waals surface area contributed by atoms with Crippen LogP contribution >= 0.6 is 11.3 Å². The second-order valence-corrected chi connectivity index (χ2v) is 4.73. The summed E-state index contributed by atoms with van der Waals surface area (Å²) in [6.07, 6.45) is 1.48. The summed E-state index contributed by atoms with van der Waals surface area (Å²) in [5.41, 5.74) is 0.828. The number of rotatable bonds is 4. The van der Waals surface area contributed by atoms with E-state index in [4.69, 9.17) is 0 Å². The highest BCUT2D eigenvalue weighted by Gasteiger charge is 2.15. The number of carbonyl (C=O) groups is 1. The molecule has 0 saturated heterocycles. The minimum absolute atomic E-state index is 0.283. The SMILES string of the molecule is CCN(c1ccc(F)cc1)c1ncc(C(=O)OC)s1. The Bertz CT molecular complexity index is 568. The smallest absolute Gasteiger partial charge is 0.349 e. The van der Waals surface area contributed by atoms with E-state index in [2.05, 4.69) is 9.72 Å². The molecule has 1 aromatic heterocycles. The first-order valence-electron chi connectivity index (χ1n) is 5.73. The first-order valence-corrected chi connectivity index (χ1v) is 6.54. The van der Waals surface area contributed by atoms with Crippen molar-refractivity contribution in [2.75, 3.05) is 18.6 Å². The highest BCUT2D eigenvalue weighted by atomic mass is 32.1. The number of benzene rings is 1. The Morgan fingerprint density at radius 3 is 2.68 bits per heavy atom. The third-order valence-electron chi connectivity index (χ3n) is 2.57. The van der Waals surface area contributed by atoms with Crippen molar-refractivity contribution in [3.05, 3.63) is 41.2 Å². The van der Waals surface area contributed by atoms with Gasteiger partial charge in [-0.2, -0.15) is 0 Å². The topological polar surface area (TPSA) is 42.4 Å². The van der Waals surface area contributed by atoms with Gasteiger partial charge in [-0.15, -0.1) is 0 Å². The average molecular weight is 280 g/mol. The molecule has 0 amide bonds. The molecular weight excluding hydrogens is 267 g/mol. The van der Waals surface area contributed by atoms with Crippen LogP contribution in [0, 0.1) is 5.82 Å². The van der Waals surface area contributed by atoms with Gasteiger partial charge in [0.05, 0.1) is 13.3 Å². The maximum Gasteiger partial charge on any atom is 0.349 e. The van der Waals surface area contributed by atoms with Crippen LogP contribution in [-0.4, -0.2) is 24.6 Å². The lowest BCUT2D eigenvalue weighted by atomic mass is 10.3. The molecule has 4 nitrogen and oxygen atoms in total. The maximum absolute atomic E-state index is 12.9. The highest BCUT2D eigenvalue weighted by Crippen LogP contribution is 2.29. The second-order valence-electron chi connectivity index (χ2n) is 3.72. The summed E-state index contributed by atoms with van der Waals surface area (Å²) < 4.78 is 17.6. The summed E-state index contributed by atoms with van der Waals surface area (Å²) in [5, 5.41) is 0.675. The van der Waals surface area contributed by atoms with Crippen molar-refractivity contribution in [2.45, 2.75) is 6.92 Å². The van der Waals surface area contributed by atoms with Crippen LogP contribution in [0.4, 0.5) is 15.2 Å². The van der Waals surface area contributed by atoms with E-state index in [1.54, 1.807) is 12.1 Å². The lowest BCUT2D eigenvalue weighted by Gasteiger charge is -2.19. The Kier molecular flexibility index (Phi) is 4.11. The molecule has 0 N–H and O–H groups in total. The molecule has 1 aromatic carbocycles. The van der Waals surface area contributed by atoms with Crippen molar-refractivity contribution in [1.82, 2.24) is 4.98 Å². The van der Waals surface area contributed by atoms with Crippen LogP contribution in [0.25, 0.3) is 0 Å². The molecule has 0 radical (unpaired) electrons. The van der Waals surface area contributed by atoms with E-state index in [-0.39, 0.29) is 5.82 Å². The quantitative estimate of drug-likeness (QED) is 0.806. The van der Waals surface area contributed by atoms with Gasteiger partial charge in [-0.3, -0.25) is 0 Å². The summed E-state index contributed by atoms with van der Waals surface area (Å²) in [5.74, 6) is -0.687. The Morgan fingerprint density at radius 1 is 1.42 bits per heavy atom. The normalized spacial score (nSPS) is 10.3. The Labute approximate surface area is 114 Å². The Morgan fingerprint density at radius 2 is 2.11 bits per heavy atom. The zero-order valence-corrected chi connectivity index (χ0v) is 11.4. The average Bonchev–Trinajstić information content (AvgIpc) is 2.90. The van der Waals surface area contributed by atoms with Crippen molar-refractivity contribution >= 4 is 28.1 Å². The van der Waals surface area contributed by atoms with Crippen LogP contribution in [0.3, 0.4) is 0 Å². The molecule has 0 aliphatic carbocycles. The van der Waals surface area contributed by atoms with E-state index < -0.39 is 5.97 Å². The van der Waals surface area contributed by atoms with E-state index in [9.17, 15) is 9.18 Å². The highest BCUT2D eigenvalue weighted by molar-refractivity contribution is 7.17. The lowest BCUT2D eigenvalue weighted by molar-refractivity contribution is 0.0606. The number of anilines is 2. The standard InChI is InChI=1S/C13H13FN2O2S/c1-3-16(10-6-4-9(14)5-7-10)13-15-8-11(19-13)12(17)18-2/h4-8H,3H2,1-2H3. The number of aromatic nitrogens is 1. The third-order valence-corrected chi connectivity index (χ3v) is 3.57. The zero-order chi connectivity index (χ0) is 13.8. The van der Waals surface area contributed by atoms with Gasteiger partial charge in [0.2, 0.25) is 0 Å². The molecule has 0 unspecified atom stereocenters. The summed E-state index contributed by atoms with van der Waals surface area (Å²) in [6, 6.07) is 6.15. The van der Waals surface area contributed by atoms with Crippen LogP contribution in [0.15, 0.2) is 30.5 Å². The van der Waals surface area contributed by atoms with Crippen LogP contribution in [-0.2, 0) is 4.74 Å². The molecule has 2 aromatic rings. The fourth-order valence-electron chi connectivity index (χ4n) is 1.63. The molecule has 0 fully saturated rings. The molecule has 2 rings (SSSR count). The van der Waals surface area contributed by atoms with Crippen molar-refractivity contribution in [1.29, 1.82) is 0 Å². The van der Waals surface area contributed by atoms with E-state index in [0.717, 1.165) is 5.69 Å². The predicted molar refractivity (Wildman–Crippen MR) is 72.5 cm³/mol. The molecule has 0 atom stereocenters. The molecule has 1 heterocycles. The number of methoxy groups -OCH3 is 1. The molecule has 0 aliphatic rings. The number of halogens is 1. The number of ether oxygens (including phenoxy) is 1. The first kappa shape index (κ1) is 13.5. The Hall–Kier alpha value is -1.95. The number of carbonyl (C=O) groups excluding carboxylic acids is 1. The molecule has 100 valence electrons. The molecule has 19 heavy (non-hydrogen) atoms. The first-order chi connectivity index (χ1) is 9.15. The summed E-state index contributed by atoms with van der Waals surface area (Å²) in [6.45, 7) is 2.63. The van der Waals surface area contributed by atoms with Gasteiger partial charge in [0.15, 0.2) is 5.13 Å². The van der Waals surface area contributed by atoms with Crippen LogP contribution in [0.1, 0.15) is 16.6 Å². The number of hydrogen-bond acceptors (Lipinski definition) is 5. The zero-order valence-electron chi connectivity index (χ0n) is 10.6. The van der Waals surface area contributed by atoms with Crippen molar-refractivity contribution in [3.63, 3.8) is 0 Å².